The van der Waals surface area contributed by atoms with E-state index < -0.39 is 0 Å². The molecule has 0 atom stereocenters. The van der Waals surface area contributed by atoms with E-state index in [2.05, 4.69) is 15.5 Å². The summed E-state index contributed by atoms with van der Waals surface area (Å²) in [5.41, 5.74) is 6.38. The monoisotopic (exact) mass is 431 g/mol. The van der Waals surface area contributed by atoms with Gasteiger partial charge in [-0.05, 0) is 57.5 Å². The second kappa shape index (κ2) is 8.78. The van der Waals surface area contributed by atoms with Gasteiger partial charge in [0.25, 0.3) is 5.91 Å². The Balaban J connectivity index is 1.47. The third-order valence-electron chi connectivity index (χ3n) is 5.55. The number of carbonyl (C=O) groups excluding carboxylic acids is 1. The smallest absolute Gasteiger partial charge is 0.255 e. The molecule has 164 valence electrons. The maximum Gasteiger partial charge on any atom is 0.255 e. The van der Waals surface area contributed by atoms with E-state index in [0.717, 1.165) is 22.6 Å². The average molecular weight is 432 g/mol. The maximum absolute atomic E-state index is 14.0. The van der Waals surface area contributed by atoms with Crippen molar-refractivity contribution in [2.75, 3.05) is 5.32 Å². The van der Waals surface area contributed by atoms with Crippen molar-refractivity contribution in [1.29, 1.82) is 0 Å². The van der Waals surface area contributed by atoms with Gasteiger partial charge in [0.15, 0.2) is 0 Å². The van der Waals surface area contributed by atoms with Crippen molar-refractivity contribution >= 4 is 11.6 Å². The van der Waals surface area contributed by atoms with Crippen LogP contribution in [0.1, 0.15) is 44.3 Å². The molecule has 2 aromatic heterocycles. The van der Waals surface area contributed by atoms with Crippen molar-refractivity contribution in [2.24, 2.45) is 0 Å². The summed E-state index contributed by atoms with van der Waals surface area (Å²) in [7, 11) is 0. The highest BCUT2D eigenvalue weighted by Crippen LogP contribution is 2.22. The molecule has 1 N–H and O–H groups in total. The summed E-state index contributed by atoms with van der Waals surface area (Å²) >= 11 is 0. The molecule has 0 aliphatic heterocycles. The highest BCUT2D eigenvalue weighted by atomic mass is 19.1. The topological polar surface area (TPSA) is 64.7 Å². The highest BCUT2D eigenvalue weighted by molar-refractivity contribution is 6.04. The zero-order chi connectivity index (χ0) is 22.8. The summed E-state index contributed by atoms with van der Waals surface area (Å²) in [6.07, 6.45) is 0. The number of rotatable bonds is 6. The maximum atomic E-state index is 14.0. The Bertz CT molecular complexity index is 1270. The van der Waals surface area contributed by atoms with Crippen LogP contribution < -0.4 is 5.32 Å². The number of anilines is 1. The lowest BCUT2D eigenvalue weighted by Crippen LogP contribution is -2.14. The van der Waals surface area contributed by atoms with E-state index in [1.807, 2.05) is 62.7 Å². The first-order chi connectivity index (χ1) is 15.3. The van der Waals surface area contributed by atoms with Crippen LogP contribution in [0.25, 0.3) is 0 Å². The minimum atomic E-state index is -0.272. The first-order valence-electron chi connectivity index (χ1n) is 10.5. The molecule has 0 saturated carbocycles. The molecule has 7 heteroatoms. The molecule has 0 radical (unpaired) electrons. The fourth-order valence-corrected chi connectivity index (χ4v) is 3.77. The first-order valence-corrected chi connectivity index (χ1v) is 10.5. The predicted octanol–water partition coefficient (Wildman–Crippen LogP) is 4.80. The Labute approximate surface area is 186 Å². The van der Waals surface area contributed by atoms with Gasteiger partial charge in [0.05, 0.1) is 35.9 Å². The molecule has 0 unspecified atom stereocenters. The van der Waals surface area contributed by atoms with Crippen molar-refractivity contribution in [3.63, 3.8) is 0 Å². The molecule has 0 bridgehead atoms. The van der Waals surface area contributed by atoms with E-state index in [0.29, 0.717) is 35.6 Å². The van der Waals surface area contributed by atoms with E-state index in [-0.39, 0.29) is 11.7 Å². The molecule has 1 amide bonds. The van der Waals surface area contributed by atoms with Crippen LogP contribution >= 0.6 is 0 Å². The largest absolute Gasteiger partial charge is 0.319 e. The Morgan fingerprint density at radius 1 is 0.938 bits per heavy atom. The molecule has 0 spiro atoms. The average Bonchev–Trinajstić information content (AvgIpc) is 3.22. The lowest BCUT2D eigenvalue weighted by Gasteiger charge is -2.09. The molecule has 32 heavy (non-hydrogen) atoms. The first kappa shape index (κ1) is 21.5. The number of hydrogen-bond donors (Lipinski definition) is 1. The number of halogens is 1. The molecule has 4 aromatic rings. The second-order valence-corrected chi connectivity index (χ2v) is 8.03. The normalized spacial score (nSPS) is 11.0. The molecule has 0 aliphatic rings. The third-order valence-corrected chi connectivity index (χ3v) is 5.55. The molecule has 0 aliphatic carbocycles. The van der Waals surface area contributed by atoms with E-state index in [9.17, 15) is 9.18 Å². The van der Waals surface area contributed by atoms with Crippen LogP contribution in [0.15, 0.2) is 54.6 Å². The quantitative estimate of drug-likeness (QED) is 0.477. The summed E-state index contributed by atoms with van der Waals surface area (Å²) in [5, 5.41) is 11.9. The van der Waals surface area contributed by atoms with Gasteiger partial charge in [0.1, 0.15) is 5.82 Å². The summed E-state index contributed by atoms with van der Waals surface area (Å²) < 4.78 is 17.7. The van der Waals surface area contributed by atoms with Crippen LogP contribution in [0.2, 0.25) is 0 Å². The lowest BCUT2D eigenvalue weighted by atomic mass is 10.1. The molecular weight excluding hydrogens is 405 g/mol. The molecule has 0 saturated heterocycles. The number of amides is 1. The zero-order valence-corrected chi connectivity index (χ0v) is 18.7. The van der Waals surface area contributed by atoms with Gasteiger partial charge in [0, 0.05) is 16.8 Å². The number of benzene rings is 2. The van der Waals surface area contributed by atoms with Crippen LogP contribution in [-0.4, -0.2) is 25.5 Å². The fraction of sp³-hybridized carbons (Fsp3) is 0.240. The van der Waals surface area contributed by atoms with Gasteiger partial charge in [-0.15, -0.1) is 0 Å². The Morgan fingerprint density at radius 2 is 1.66 bits per heavy atom. The van der Waals surface area contributed by atoms with Gasteiger partial charge in [-0.2, -0.15) is 10.2 Å². The van der Waals surface area contributed by atoms with Crippen LogP contribution in [0.5, 0.6) is 0 Å². The summed E-state index contributed by atoms with van der Waals surface area (Å²) in [4.78, 5) is 12.8. The van der Waals surface area contributed by atoms with Crippen molar-refractivity contribution in [3.8, 4) is 0 Å². The number of hydrogen-bond acceptors (Lipinski definition) is 3. The van der Waals surface area contributed by atoms with Crippen molar-refractivity contribution in [2.45, 2.75) is 40.8 Å². The lowest BCUT2D eigenvalue weighted by molar-refractivity contribution is 0.102. The van der Waals surface area contributed by atoms with Crippen molar-refractivity contribution < 1.29 is 9.18 Å². The summed E-state index contributed by atoms with van der Waals surface area (Å²) in [6, 6.07) is 16.2. The van der Waals surface area contributed by atoms with Gasteiger partial charge in [0.2, 0.25) is 0 Å². The van der Waals surface area contributed by atoms with E-state index in [1.54, 1.807) is 22.9 Å². The third kappa shape index (κ3) is 4.46. The second-order valence-electron chi connectivity index (χ2n) is 8.03. The van der Waals surface area contributed by atoms with Crippen molar-refractivity contribution in [3.05, 3.63) is 99.9 Å². The number of carbonyl (C=O) groups is 1. The van der Waals surface area contributed by atoms with Crippen LogP contribution in [0.3, 0.4) is 0 Å². The van der Waals surface area contributed by atoms with Gasteiger partial charge >= 0.3 is 0 Å². The minimum Gasteiger partial charge on any atom is -0.319 e. The van der Waals surface area contributed by atoms with Gasteiger partial charge < -0.3 is 5.32 Å². The number of nitrogens with one attached hydrogen (secondary N) is 1. The Hall–Kier alpha value is -3.74. The van der Waals surface area contributed by atoms with E-state index >= 15 is 0 Å². The summed E-state index contributed by atoms with van der Waals surface area (Å²) in [5.74, 6) is -0.481. The molecule has 2 heterocycles. The number of nitrogens with zero attached hydrogens (tertiary/aromatic N) is 4. The molecule has 0 fully saturated rings. The summed E-state index contributed by atoms with van der Waals surface area (Å²) in [6.45, 7) is 8.66. The highest BCUT2D eigenvalue weighted by Gasteiger charge is 2.16. The van der Waals surface area contributed by atoms with Crippen LogP contribution in [-0.2, 0) is 13.1 Å². The number of aromatic nitrogens is 4. The van der Waals surface area contributed by atoms with Gasteiger partial charge in [-0.1, -0.05) is 30.3 Å². The molecule has 2 aromatic carbocycles. The standard InChI is InChI=1S/C25H26FN5O/c1-16-13-17(2)30(28-16)14-20-9-11-21(12-10-20)25(32)27-24-18(3)29-31(19(24)4)15-22-7-5-6-8-23(22)26/h5-13H,14-15H2,1-4H3,(H,27,32). The molecule has 6 nitrogen and oxygen atoms in total. The van der Waals surface area contributed by atoms with Gasteiger partial charge in [-0.3, -0.25) is 14.2 Å². The molecule has 4 rings (SSSR count). The Kier molecular flexibility index (Phi) is 5.90. The Morgan fingerprint density at radius 3 is 2.31 bits per heavy atom. The van der Waals surface area contributed by atoms with E-state index in [1.165, 1.54) is 6.07 Å². The number of aryl methyl sites for hydroxylation is 3. The van der Waals surface area contributed by atoms with Crippen LogP contribution in [0.4, 0.5) is 10.1 Å². The van der Waals surface area contributed by atoms with Crippen LogP contribution in [0, 0.1) is 33.5 Å². The fourth-order valence-electron chi connectivity index (χ4n) is 3.77. The van der Waals surface area contributed by atoms with Gasteiger partial charge in [-0.25, -0.2) is 4.39 Å². The predicted molar refractivity (Wildman–Crippen MR) is 122 cm³/mol. The minimum absolute atomic E-state index is 0.209. The molecular formula is C25H26FN5O. The SMILES string of the molecule is Cc1cc(C)n(Cc2ccc(C(=O)Nc3c(C)nn(Cc4ccccc4F)c3C)cc2)n1. The van der Waals surface area contributed by atoms with Crippen molar-refractivity contribution in [1.82, 2.24) is 19.6 Å². The van der Waals surface area contributed by atoms with E-state index in [4.69, 9.17) is 0 Å². The zero-order valence-electron chi connectivity index (χ0n) is 18.7.